The van der Waals surface area contributed by atoms with Crippen molar-refractivity contribution in [1.29, 1.82) is 0 Å². The van der Waals surface area contributed by atoms with E-state index in [0.717, 1.165) is 24.6 Å². The molecule has 34 heavy (non-hydrogen) atoms. The fourth-order valence-electron chi connectivity index (χ4n) is 3.49. The van der Waals surface area contributed by atoms with Crippen LogP contribution < -0.4 is 14.8 Å². The number of carbonyl (C=O) groups is 1. The van der Waals surface area contributed by atoms with Crippen LogP contribution >= 0.6 is 23.5 Å². The average Bonchev–Trinajstić information content (AvgIpc) is 2.84. The number of aromatic carboxylic acids is 1. The third-order valence-corrected chi connectivity index (χ3v) is 6.28. The van der Waals surface area contributed by atoms with Gasteiger partial charge in [0.2, 0.25) is 0 Å². The first kappa shape index (κ1) is 28.2. The number of ether oxygens (including phenoxy) is 1. The first-order chi connectivity index (χ1) is 16.2. The number of aliphatic hydroxyl groups excluding tert-OH is 1. The van der Waals surface area contributed by atoms with Gasteiger partial charge >= 0.3 is 5.97 Å². The van der Waals surface area contributed by atoms with Gasteiger partial charge < -0.3 is 20.3 Å². The highest BCUT2D eigenvalue weighted by molar-refractivity contribution is 7.97. The number of benzene rings is 2. The quantitative estimate of drug-likeness (QED) is 0.330. The smallest absolute Gasteiger partial charge is 0.337 e. The Hall–Kier alpha value is -2.07. The maximum absolute atomic E-state index is 13.3. The van der Waals surface area contributed by atoms with Crippen LogP contribution in [0.3, 0.4) is 0 Å². The molecule has 0 atom stereocenters. The number of fused-ring (bicyclic) bond motifs is 1. The lowest BCUT2D eigenvalue weighted by Gasteiger charge is -2.22. The van der Waals surface area contributed by atoms with Crippen molar-refractivity contribution in [2.24, 2.45) is 0 Å². The first-order valence-corrected chi connectivity index (χ1v) is 12.2. The molecule has 1 fully saturated rings. The van der Waals surface area contributed by atoms with Crippen molar-refractivity contribution in [3.8, 4) is 16.9 Å². The first-order valence-electron chi connectivity index (χ1n) is 11.0. The number of hydrogen-bond donors (Lipinski definition) is 4. The van der Waals surface area contributed by atoms with Crippen LogP contribution in [0.5, 0.6) is 5.75 Å². The normalized spacial score (nSPS) is 14.9. The lowest BCUT2D eigenvalue weighted by Crippen LogP contribution is -2.22. The number of aliphatic hydroxyl groups is 1. The SMILES string of the molecule is C1CCCCC1.CC(F)(F)COc1cc2c(cc1-c1ccc(Cl)c(C(=O)O)c1)SNCN2.CO. The molecule has 4 N–H and O–H groups in total. The molecule has 1 heterocycles. The predicted molar refractivity (Wildman–Crippen MR) is 133 cm³/mol. The summed E-state index contributed by atoms with van der Waals surface area (Å²) in [5.41, 5.74) is 1.69. The maximum Gasteiger partial charge on any atom is 0.337 e. The Labute approximate surface area is 208 Å². The Morgan fingerprint density at radius 1 is 1.12 bits per heavy atom. The highest BCUT2D eigenvalue weighted by Crippen LogP contribution is 2.41. The van der Waals surface area contributed by atoms with Gasteiger partial charge in [0.05, 0.1) is 22.9 Å². The van der Waals surface area contributed by atoms with Gasteiger partial charge in [0.1, 0.15) is 5.75 Å². The van der Waals surface area contributed by atoms with Crippen LogP contribution in [0.15, 0.2) is 35.2 Å². The predicted octanol–water partition coefficient (Wildman–Crippen LogP) is 6.67. The van der Waals surface area contributed by atoms with E-state index in [2.05, 4.69) is 10.0 Å². The number of nitrogens with one attached hydrogen (secondary N) is 2. The third kappa shape index (κ3) is 8.61. The van der Waals surface area contributed by atoms with Crippen LogP contribution in [0.2, 0.25) is 5.02 Å². The fraction of sp³-hybridized carbons (Fsp3) is 0.458. The molecule has 10 heteroatoms. The van der Waals surface area contributed by atoms with Crippen LogP contribution in [-0.4, -0.2) is 42.5 Å². The largest absolute Gasteiger partial charge is 0.487 e. The van der Waals surface area contributed by atoms with Crippen molar-refractivity contribution in [2.45, 2.75) is 56.3 Å². The molecule has 0 aromatic heterocycles. The molecule has 0 saturated heterocycles. The van der Waals surface area contributed by atoms with Crippen LogP contribution in [0.1, 0.15) is 55.8 Å². The second kappa shape index (κ2) is 13.7. The molecule has 2 aliphatic rings. The summed E-state index contributed by atoms with van der Waals surface area (Å²) in [6, 6.07) is 7.89. The second-order valence-electron chi connectivity index (χ2n) is 7.92. The average molecular weight is 517 g/mol. The van der Waals surface area contributed by atoms with Crippen molar-refractivity contribution >= 4 is 35.2 Å². The van der Waals surface area contributed by atoms with Gasteiger partial charge in [-0.25, -0.2) is 18.3 Å². The molecule has 4 rings (SSSR count). The summed E-state index contributed by atoms with van der Waals surface area (Å²) in [6.45, 7) is 0.502. The zero-order valence-electron chi connectivity index (χ0n) is 19.3. The number of hydrogen-bond acceptors (Lipinski definition) is 6. The Morgan fingerprint density at radius 3 is 2.29 bits per heavy atom. The molecule has 1 saturated carbocycles. The van der Waals surface area contributed by atoms with E-state index in [1.165, 1.54) is 62.6 Å². The molecule has 0 spiro atoms. The summed E-state index contributed by atoms with van der Waals surface area (Å²) in [5.74, 6) is -3.93. The highest BCUT2D eigenvalue weighted by Gasteiger charge is 2.24. The topological polar surface area (TPSA) is 90.8 Å². The third-order valence-electron chi connectivity index (χ3n) is 5.10. The lowest BCUT2D eigenvalue weighted by atomic mass is 10.0. The molecule has 0 amide bonds. The molecule has 1 aliphatic heterocycles. The van der Waals surface area contributed by atoms with E-state index in [-0.39, 0.29) is 16.3 Å². The second-order valence-corrected chi connectivity index (χ2v) is 9.26. The van der Waals surface area contributed by atoms with E-state index >= 15 is 0 Å². The summed E-state index contributed by atoms with van der Waals surface area (Å²) in [7, 11) is 1.00. The van der Waals surface area contributed by atoms with Crippen LogP contribution in [0.4, 0.5) is 14.5 Å². The van der Waals surface area contributed by atoms with Crippen molar-refractivity contribution in [1.82, 2.24) is 4.72 Å². The van der Waals surface area contributed by atoms with E-state index < -0.39 is 18.5 Å². The zero-order valence-corrected chi connectivity index (χ0v) is 20.9. The lowest BCUT2D eigenvalue weighted by molar-refractivity contribution is -0.0227. The van der Waals surface area contributed by atoms with Gasteiger partial charge in [-0.1, -0.05) is 56.2 Å². The summed E-state index contributed by atoms with van der Waals surface area (Å²) < 4.78 is 34.9. The molecule has 0 bridgehead atoms. The van der Waals surface area contributed by atoms with E-state index in [0.29, 0.717) is 17.8 Å². The van der Waals surface area contributed by atoms with Crippen molar-refractivity contribution in [3.05, 3.63) is 40.9 Å². The van der Waals surface area contributed by atoms with Crippen molar-refractivity contribution in [2.75, 3.05) is 25.7 Å². The van der Waals surface area contributed by atoms with Gasteiger partial charge in [-0.05, 0) is 35.7 Å². The maximum atomic E-state index is 13.3. The highest BCUT2D eigenvalue weighted by atomic mass is 35.5. The Morgan fingerprint density at radius 2 is 1.74 bits per heavy atom. The molecule has 0 radical (unpaired) electrons. The molecule has 6 nitrogen and oxygen atoms in total. The van der Waals surface area contributed by atoms with Crippen LogP contribution in [0.25, 0.3) is 11.1 Å². The summed E-state index contributed by atoms with van der Waals surface area (Å²) in [5, 5.41) is 19.5. The summed E-state index contributed by atoms with van der Waals surface area (Å²) in [6.07, 6.45) is 9.00. The minimum absolute atomic E-state index is 0.0717. The van der Waals surface area contributed by atoms with Crippen molar-refractivity contribution in [3.63, 3.8) is 0 Å². The van der Waals surface area contributed by atoms with Crippen LogP contribution in [-0.2, 0) is 0 Å². The van der Waals surface area contributed by atoms with Gasteiger partial charge in [-0.15, -0.1) is 0 Å². The number of anilines is 1. The van der Waals surface area contributed by atoms with Crippen LogP contribution in [0, 0.1) is 0 Å². The fourth-order valence-corrected chi connectivity index (χ4v) is 4.41. The minimum atomic E-state index is -3.00. The summed E-state index contributed by atoms with van der Waals surface area (Å²) >= 11 is 7.30. The van der Waals surface area contributed by atoms with E-state index in [1.54, 1.807) is 18.2 Å². The number of alkyl halides is 2. The molecule has 1 aliphatic carbocycles. The zero-order chi connectivity index (χ0) is 25.1. The standard InChI is InChI=1S/C17H15ClF2N2O3S.C6H12.CH4O/c1-17(19,20)7-25-14-6-13-15(26-22-8-21-13)5-10(14)9-2-3-12(18)11(4-9)16(23)24;1-2-4-6-5-3-1;1-2/h2-6,21-22H,7-8H2,1H3,(H,23,24);1-6H2;2H,1H3. The van der Waals surface area contributed by atoms with Gasteiger partial charge in [0, 0.05) is 30.6 Å². The van der Waals surface area contributed by atoms with E-state index in [4.69, 9.17) is 21.4 Å². The Kier molecular flexibility index (Phi) is 11.4. The number of carboxylic acid groups (broad SMARTS) is 1. The van der Waals surface area contributed by atoms with Crippen molar-refractivity contribution < 1.29 is 28.5 Å². The number of carboxylic acids is 1. The van der Waals surface area contributed by atoms with Gasteiger partial charge in [0.15, 0.2) is 6.61 Å². The molecular formula is C24H31ClF2N2O4S. The van der Waals surface area contributed by atoms with Gasteiger partial charge in [0.25, 0.3) is 5.92 Å². The Balaban J connectivity index is 0.000000437. The number of halogens is 3. The molecule has 0 unspecified atom stereocenters. The van der Waals surface area contributed by atoms with Gasteiger partial charge in [-0.2, -0.15) is 0 Å². The molecule has 188 valence electrons. The molecule has 2 aromatic carbocycles. The summed E-state index contributed by atoms with van der Waals surface area (Å²) in [4.78, 5) is 12.2. The Bertz CT molecular complexity index is 942. The minimum Gasteiger partial charge on any atom is -0.487 e. The number of rotatable bonds is 5. The van der Waals surface area contributed by atoms with E-state index in [1.807, 2.05) is 0 Å². The van der Waals surface area contributed by atoms with Gasteiger partial charge in [-0.3, -0.25) is 0 Å². The monoisotopic (exact) mass is 516 g/mol. The molecule has 2 aromatic rings. The molecular weight excluding hydrogens is 486 g/mol. The van der Waals surface area contributed by atoms with E-state index in [9.17, 15) is 18.7 Å².